The largest absolute Gasteiger partial charge is 0.294 e. The maximum Gasteiger partial charge on any atom is 0.167 e. The van der Waals surface area contributed by atoms with Crippen molar-refractivity contribution in [2.45, 2.75) is 6.42 Å². The lowest BCUT2D eigenvalue weighted by Crippen LogP contribution is -2.05. The summed E-state index contributed by atoms with van der Waals surface area (Å²) in [6.07, 6.45) is 0.0162. The lowest BCUT2D eigenvalue weighted by Gasteiger charge is -2.04. The van der Waals surface area contributed by atoms with Crippen LogP contribution in [0.15, 0.2) is 46.9 Å². The van der Waals surface area contributed by atoms with Gasteiger partial charge in [-0.05, 0) is 23.8 Å². The highest BCUT2D eigenvalue weighted by molar-refractivity contribution is 9.10. The number of carbonyl (C=O) groups is 1. The smallest absolute Gasteiger partial charge is 0.167 e. The minimum Gasteiger partial charge on any atom is -0.294 e. The molecule has 2 nitrogen and oxygen atoms in total. The van der Waals surface area contributed by atoms with Crippen molar-refractivity contribution in [3.8, 4) is 6.07 Å². The molecule has 0 atom stereocenters. The van der Waals surface area contributed by atoms with Crippen molar-refractivity contribution >= 4 is 21.7 Å². The lowest BCUT2D eigenvalue weighted by molar-refractivity contribution is 0.0993. The summed E-state index contributed by atoms with van der Waals surface area (Å²) in [5.41, 5.74) is 0.889. The topological polar surface area (TPSA) is 40.9 Å². The summed E-state index contributed by atoms with van der Waals surface area (Å²) in [6, 6.07) is 13.0. The maximum absolute atomic E-state index is 13.4. The predicted octanol–water partition coefficient (Wildman–Crippen LogP) is 3.89. The van der Waals surface area contributed by atoms with Crippen molar-refractivity contribution < 1.29 is 9.18 Å². The normalized spacial score (nSPS) is 9.95. The van der Waals surface area contributed by atoms with E-state index in [2.05, 4.69) is 15.9 Å². The zero-order chi connectivity index (χ0) is 13.8. The standard InChI is InChI=1S/C15H9BrFNO/c16-12-6-4-10(5-7-12)15(19)8-11-2-1-3-14(17)13(11)9-18/h1-7H,8H2. The SMILES string of the molecule is N#Cc1c(F)cccc1CC(=O)c1ccc(Br)cc1. The highest BCUT2D eigenvalue weighted by atomic mass is 79.9. The molecule has 0 bridgehead atoms. The van der Waals surface area contributed by atoms with Gasteiger partial charge in [-0.25, -0.2) is 4.39 Å². The van der Waals surface area contributed by atoms with Crippen molar-refractivity contribution in [3.05, 3.63) is 69.4 Å². The Morgan fingerprint density at radius 2 is 1.89 bits per heavy atom. The first-order chi connectivity index (χ1) is 9.11. The number of hydrogen-bond acceptors (Lipinski definition) is 2. The van der Waals surface area contributed by atoms with Crippen molar-refractivity contribution in [2.75, 3.05) is 0 Å². The van der Waals surface area contributed by atoms with Gasteiger partial charge in [0.25, 0.3) is 0 Å². The van der Waals surface area contributed by atoms with Crippen molar-refractivity contribution in [1.82, 2.24) is 0 Å². The summed E-state index contributed by atoms with van der Waals surface area (Å²) < 4.78 is 14.3. The van der Waals surface area contributed by atoms with Gasteiger partial charge in [-0.2, -0.15) is 5.26 Å². The molecule has 19 heavy (non-hydrogen) atoms. The molecule has 0 saturated heterocycles. The highest BCUT2D eigenvalue weighted by Crippen LogP contribution is 2.16. The number of rotatable bonds is 3. The third kappa shape index (κ3) is 3.07. The molecule has 0 aromatic heterocycles. The molecule has 0 saturated carbocycles. The molecule has 0 aliphatic heterocycles. The number of carbonyl (C=O) groups excluding carboxylic acids is 1. The average molecular weight is 318 g/mol. The van der Waals surface area contributed by atoms with Gasteiger partial charge in [0.05, 0.1) is 5.56 Å². The molecule has 0 amide bonds. The zero-order valence-corrected chi connectivity index (χ0v) is 11.4. The Morgan fingerprint density at radius 3 is 2.53 bits per heavy atom. The van der Waals surface area contributed by atoms with Crippen molar-refractivity contribution in [2.24, 2.45) is 0 Å². The van der Waals surface area contributed by atoms with E-state index in [4.69, 9.17) is 5.26 Å². The van der Waals surface area contributed by atoms with Gasteiger partial charge in [-0.3, -0.25) is 4.79 Å². The second kappa shape index (κ2) is 5.77. The second-order valence-corrected chi connectivity index (χ2v) is 4.91. The number of nitriles is 1. The van der Waals surface area contributed by atoms with Crippen LogP contribution < -0.4 is 0 Å². The number of Topliss-reactive ketones (excluding diaryl/α,β-unsaturated/α-hetero) is 1. The molecule has 0 aliphatic carbocycles. The first-order valence-electron chi connectivity index (χ1n) is 5.58. The van der Waals surface area contributed by atoms with Crippen molar-refractivity contribution in [3.63, 3.8) is 0 Å². The number of benzene rings is 2. The van der Waals surface area contributed by atoms with E-state index >= 15 is 0 Å². The first kappa shape index (κ1) is 13.4. The highest BCUT2D eigenvalue weighted by Gasteiger charge is 2.12. The van der Waals surface area contributed by atoms with E-state index in [-0.39, 0.29) is 17.8 Å². The van der Waals surface area contributed by atoms with Gasteiger partial charge >= 0.3 is 0 Å². The third-order valence-electron chi connectivity index (χ3n) is 2.73. The third-order valence-corrected chi connectivity index (χ3v) is 3.26. The zero-order valence-electron chi connectivity index (χ0n) is 9.86. The van der Waals surface area contributed by atoms with E-state index in [1.54, 1.807) is 36.4 Å². The molecule has 2 aromatic rings. The van der Waals surface area contributed by atoms with E-state index in [9.17, 15) is 9.18 Å². The number of halogens is 2. The molecule has 0 spiro atoms. The molecular weight excluding hydrogens is 309 g/mol. The number of ketones is 1. The van der Waals surface area contributed by atoms with Crippen molar-refractivity contribution in [1.29, 1.82) is 5.26 Å². The van der Waals surface area contributed by atoms with Gasteiger partial charge in [0.2, 0.25) is 0 Å². The molecule has 0 heterocycles. The van der Waals surface area contributed by atoms with Crippen LogP contribution in [0.1, 0.15) is 21.5 Å². The van der Waals surface area contributed by atoms with Crippen LogP contribution in [0.25, 0.3) is 0 Å². The Hall–Kier alpha value is -1.99. The van der Waals surface area contributed by atoms with Crippen LogP contribution in [-0.2, 0) is 6.42 Å². The summed E-state index contributed by atoms with van der Waals surface area (Å²) in [4.78, 5) is 12.1. The van der Waals surface area contributed by atoms with Crippen LogP contribution in [0.3, 0.4) is 0 Å². The minimum atomic E-state index is -0.594. The summed E-state index contributed by atoms with van der Waals surface area (Å²) in [6.45, 7) is 0. The Bertz CT molecular complexity index is 659. The predicted molar refractivity (Wildman–Crippen MR) is 73.3 cm³/mol. The van der Waals surface area contributed by atoms with Crippen LogP contribution in [0.4, 0.5) is 4.39 Å². The summed E-state index contributed by atoms with van der Waals surface area (Å²) in [5.74, 6) is -0.738. The molecule has 0 aliphatic rings. The maximum atomic E-state index is 13.4. The molecule has 2 rings (SSSR count). The van der Waals surface area contributed by atoms with Crippen LogP contribution in [0, 0.1) is 17.1 Å². The molecule has 4 heteroatoms. The number of nitrogens with zero attached hydrogens (tertiary/aromatic N) is 1. The molecule has 0 N–H and O–H groups in total. The Balaban J connectivity index is 2.27. The molecular formula is C15H9BrFNO. The number of hydrogen-bond donors (Lipinski definition) is 0. The van der Waals surface area contributed by atoms with E-state index in [1.165, 1.54) is 12.1 Å². The van der Waals surface area contributed by atoms with E-state index in [0.29, 0.717) is 11.1 Å². The van der Waals surface area contributed by atoms with Gasteiger partial charge in [0.1, 0.15) is 11.9 Å². The molecule has 2 aromatic carbocycles. The monoisotopic (exact) mass is 317 g/mol. The van der Waals surface area contributed by atoms with Crippen LogP contribution in [0.5, 0.6) is 0 Å². The van der Waals surface area contributed by atoms with Gasteiger partial charge in [-0.15, -0.1) is 0 Å². The van der Waals surface area contributed by atoms with Gasteiger partial charge in [-0.1, -0.05) is 40.2 Å². The van der Waals surface area contributed by atoms with Gasteiger partial charge < -0.3 is 0 Å². The Labute approximate surface area is 118 Å². The average Bonchev–Trinajstić information content (AvgIpc) is 2.39. The fourth-order valence-electron chi connectivity index (χ4n) is 1.75. The van der Waals surface area contributed by atoms with Gasteiger partial charge in [0.15, 0.2) is 5.78 Å². The van der Waals surface area contributed by atoms with Crippen LogP contribution in [0.2, 0.25) is 0 Å². The van der Waals surface area contributed by atoms with Crippen LogP contribution >= 0.6 is 15.9 Å². The Morgan fingerprint density at radius 1 is 1.21 bits per heavy atom. The van der Waals surface area contributed by atoms with E-state index in [0.717, 1.165) is 4.47 Å². The Kier molecular flexibility index (Phi) is 4.08. The molecule has 94 valence electrons. The first-order valence-corrected chi connectivity index (χ1v) is 6.37. The van der Waals surface area contributed by atoms with E-state index in [1.807, 2.05) is 0 Å². The quantitative estimate of drug-likeness (QED) is 0.806. The summed E-state index contributed by atoms with van der Waals surface area (Å²) in [5, 5.41) is 8.91. The summed E-state index contributed by atoms with van der Waals surface area (Å²) in [7, 11) is 0. The fourth-order valence-corrected chi connectivity index (χ4v) is 2.02. The lowest BCUT2D eigenvalue weighted by atomic mass is 9.99. The molecule has 0 unspecified atom stereocenters. The summed E-state index contributed by atoms with van der Waals surface area (Å²) >= 11 is 3.29. The molecule has 0 fully saturated rings. The molecule has 0 radical (unpaired) electrons. The minimum absolute atomic E-state index is 0.0162. The van der Waals surface area contributed by atoms with Crippen LogP contribution in [-0.4, -0.2) is 5.78 Å². The van der Waals surface area contributed by atoms with E-state index < -0.39 is 5.82 Å². The fraction of sp³-hybridized carbons (Fsp3) is 0.0667. The van der Waals surface area contributed by atoms with Gasteiger partial charge in [0, 0.05) is 16.5 Å². The second-order valence-electron chi connectivity index (χ2n) is 3.99.